The number of carbonyl (C=O) groups is 1. The number of carbonyl (C=O) groups excluding carboxylic acids is 1. The van der Waals surface area contributed by atoms with E-state index in [2.05, 4.69) is 19.8 Å². The zero-order valence-corrected chi connectivity index (χ0v) is 18.7. The van der Waals surface area contributed by atoms with Crippen LogP contribution in [0, 0.1) is 40.9 Å². The predicted octanol–water partition coefficient (Wildman–Crippen LogP) is 3.88. The molecule has 0 spiro atoms. The first-order valence-electron chi connectivity index (χ1n) is 9.28. The Kier molecular flexibility index (Phi) is 6.16. The molecule has 6 atom stereocenters. The van der Waals surface area contributed by atoms with Crippen LogP contribution in [0.15, 0.2) is 11.6 Å². The Morgan fingerprint density at radius 1 is 1.12 bits per heavy atom. The largest absolute Gasteiger partial charge is 3.00 e. The average molecular weight is 617 g/mol. The van der Waals surface area contributed by atoms with Gasteiger partial charge in [0.2, 0.25) is 0 Å². The molecule has 1 N–H and O–H groups in total. The maximum atomic E-state index is 11.8. The van der Waals surface area contributed by atoms with Crippen molar-refractivity contribution in [3.8, 4) is 12.3 Å². The van der Waals surface area contributed by atoms with Gasteiger partial charge in [-0.3, -0.25) is 4.79 Å². The minimum absolute atomic E-state index is 0. The van der Waals surface area contributed by atoms with Crippen molar-refractivity contribution in [2.45, 2.75) is 70.8 Å². The van der Waals surface area contributed by atoms with Crippen LogP contribution in [-0.2, 0) is 49.6 Å². The molecule has 0 amide bonds. The van der Waals surface area contributed by atoms with Gasteiger partial charge in [0.1, 0.15) is 5.60 Å². The summed E-state index contributed by atoms with van der Waals surface area (Å²) in [6.07, 6.45) is 15.6. The Morgan fingerprint density at radius 3 is 2.48 bits per heavy atom. The first kappa shape index (κ1) is 21.7. The summed E-state index contributed by atoms with van der Waals surface area (Å²) in [5, 5.41) is 11.0. The predicted molar refractivity (Wildman–Crippen MR) is 90.5 cm³/mol. The van der Waals surface area contributed by atoms with Gasteiger partial charge in [-0.05, 0) is 74.2 Å². The van der Waals surface area contributed by atoms with Crippen molar-refractivity contribution < 1.29 is 54.7 Å². The summed E-state index contributed by atoms with van der Waals surface area (Å²) in [5.41, 5.74) is 0.575. The fourth-order valence-corrected chi connectivity index (χ4v) is 6.81. The molecular formula is C21H28AgAuO2+4. The van der Waals surface area contributed by atoms with Crippen LogP contribution in [0.5, 0.6) is 0 Å². The first-order chi connectivity index (χ1) is 10.8. The van der Waals surface area contributed by atoms with Crippen LogP contribution >= 0.6 is 0 Å². The number of terminal acetylenes is 1. The van der Waals surface area contributed by atoms with Crippen molar-refractivity contribution in [1.29, 1.82) is 0 Å². The number of hydrogen-bond donors (Lipinski definition) is 1. The molecule has 0 aromatic heterocycles. The SMILES string of the molecule is C#C[C@]1(O)CC[C@H]2[C@@H]3CCC4=CC(=O)CC[C@]4(C)[C@H]3CC[C@@]21C.[Ag+].[Au+3]. The number of rotatable bonds is 0. The Hall–Kier alpha value is 0.411. The van der Waals surface area contributed by atoms with E-state index in [1.807, 2.05) is 6.08 Å². The van der Waals surface area contributed by atoms with Crippen molar-refractivity contribution in [3.05, 3.63) is 11.6 Å². The molecule has 0 heterocycles. The molecule has 0 aliphatic heterocycles. The molecule has 0 aromatic carbocycles. The van der Waals surface area contributed by atoms with Gasteiger partial charge in [-0.1, -0.05) is 25.3 Å². The Labute approximate surface area is 183 Å². The molecule has 4 aliphatic carbocycles. The van der Waals surface area contributed by atoms with Gasteiger partial charge in [0.15, 0.2) is 5.78 Å². The second-order valence-electron chi connectivity index (χ2n) is 8.97. The molecule has 2 nitrogen and oxygen atoms in total. The second-order valence-corrected chi connectivity index (χ2v) is 8.97. The molecule has 0 radical (unpaired) electrons. The summed E-state index contributed by atoms with van der Waals surface area (Å²) in [6.45, 7) is 4.63. The molecule has 0 unspecified atom stereocenters. The molecule has 4 rings (SSSR count). The van der Waals surface area contributed by atoms with E-state index in [4.69, 9.17) is 6.42 Å². The summed E-state index contributed by atoms with van der Waals surface area (Å²) >= 11 is 0. The fraction of sp³-hybridized carbons (Fsp3) is 0.762. The van der Waals surface area contributed by atoms with Gasteiger partial charge >= 0.3 is 44.8 Å². The van der Waals surface area contributed by atoms with Gasteiger partial charge in [-0.2, -0.15) is 0 Å². The van der Waals surface area contributed by atoms with Crippen molar-refractivity contribution in [1.82, 2.24) is 0 Å². The van der Waals surface area contributed by atoms with Crippen LogP contribution in [0.3, 0.4) is 0 Å². The van der Waals surface area contributed by atoms with Crippen LogP contribution in [0.4, 0.5) is 0 Å². The van der Waals surface area contributed by atoms with Crippen LogP contribution < -0.4 is 0 Å². The standard InChI is InChI=1S/C21H28O2.Ag.Au/c1-4-21(23)12-9-18-16-6-5-14-13-15(22)7-10-19(14,2)17(16)8-11-20(18,21)3;;/h1,13,16-18,23H,5-12H2,2-3H3;;/q;+1;+3/t16-,17+,18+,19+,20+,21+;;/m1../s1. The second kappa shape index (κ2) is 7.10. The minimum Gasteiger partial charge on any atom is -0.377 e. The maximum absolute atomic E-state index is 11.8. The smallest absolute Gasteiger partial charge is 0.377 e. The summed E-state index contributed by atoms with van der Waals surface area (Å²) < 4.78 is 0. The summed E-state index contributed by atoms with van der Waals surface area (Å²) in [4.78, 5) is 11.8. The van der Waals surface area contributed by atoms with Gasteiger partial charge in [0, 0.05) is 11.8 Å². The number of aliphatic hydroxyl groups is 1. The van der Waals surface area contributed by atoms with E-state index in [1.165, 1.54) is 12.0 Å². The molecule has 0 bridgehead atoms. The fourth-order valence-electron chi connectivity index (χ4n) is 6.81. The Balaban J connectivity index is 0.00000113. The Bertz CT molecular complexity index is 638. The van der Waals surface area contributed by atoms with E-state index in [0.29, 0.717) is 30.0 Å². The molecule has 0 saturated heterocycles. The molecule has 3 saturated carbocycles. The normalized spacial score (nSPS) is 47.8. The summed E-state index contributed by atoms with van der Waals surface area (Å²) in [7, 11) is 0. The Morgan fingerprint density at radius 2 is 1.80 bits per heavy atom. The van der Waals surface area contributed by atoms with E-state index >= 15 is 0 Å². The van der Waals surface area contributed by atoms with Crippen LogP contribution in [0.1, 0.15) is 65.2 Å². The van der Waals surface area contributed by atoms with E-state index in [1.54, 1.807) is 0 Å². The van der Waals surface area contributed by atoms with E-state index < -0.39 is 5.60 Å². The zero-order chi connectivity index (χ0) is 16.5. The van der Waals surface area contributed by atoms with Crippen LogP contribution in [-0.4, -0.2) is 16.5 Å². The first-order valence-corrected chi connectivity index (χ1v) is 9.28. The van der Waals surface area contributed by atoms with Crippen LogP contribution in [0.25, 0.3) is 0 Å². The third kappa shape index (κ3) is 2.87. The van der Waals surface area contributed by atoms with E-state index in [0.717, 1.165) is 38.5 Å². The van der Waals surface area contributed by atoms with Gasteiger partial charge in [-0.25, -0.2) is 0 Å². The van der Waals surface area contributed by atoms with Crippen molar-refractivity contribution in [2.24, 2.45) is 28.6 Å². The molecule has 142 valence electrons. The molecule has 4 aliphatic rings. The van der Waals surface area contributed by atoms with E-state index in [9.17, 15) is 9.90 Å². The molecule has 4 heteroatoms. The third-order valence-electron chi connectivity index (χ3n) is 8.35. The van der Waals surface area contributed by atoms with Gasteiger partial charge in [0.25, 0.3) is 0 Å². The number of allylic oxidation sites excluding steroid dienone is 1. The van der Waals surface area contributed by atoms with E-state index in [-0.39, 0.29) is 55.6 Å². The van der Waals surface area contributed by atoms with Gasteiger partial charge < -0.3 is 5.11 Å². The molecule has 25 heavy (non-hydrogen) atoms. The quantitative estimate of drug-likeness (QED) is 0.331. The van der Waals surface area contributed by atoms with Gasteiger partial charge in [0.05, 0.1) is 0 Å². The topological polar surface area (TPSA) is 37.3 Å². The number of fused-ring (bicyclic) bond motifs is 5. The third-order valence-corrected chi connectivity index (χ3v) is 8.35. The molecule has 0 aromatic rings. The van der Waals surface area contributed by atoms with Crippen molar-refractivity contribution >= 4 is 5.78 Å². The maximum Gasteiger partial charge on any atom is 3.00 e. The number of hydrogen-bond acceptors (Lipinski definition) is 2. The van der Waals surface area contributed by atoms with Gasteiger partial charge in [-0.15, -0.1) is 6.42 Å². The molecule has 3 fully saturated rings. The average Bonchev–Trinajstić information content (AvgIpc) is 2.80. The zero-order valence-electron chi connectivity index (χ0n) is 15.0. The monoisotopic (exact) mass is 616 g/mol. The molecular weight excluding hydrogens is 589 g/mol. The summed E-state index contributed by atoms with van der Waals surface area (Å²) in [6, 6.07) is 0. The number of ketones is 1. The van der Waals surface area contributed by atoms with Crippen molar-refractivity contribution in [2.75, 3.05) is 0 Å². The van der Waals surface area contributed by atoms with Crippen LogP contribution in [0.2, 0.25) is 0 Å². The minimum atomic E-state index is -0.914. The summed E-state index contributed by atoms with van der Waals surface area (Å²) in [5.74, 6) is 4.93. The van der Waals surface area contributed by atoms with Crippen molar-refractivity contribution in [3.63, 3.8) is 0 Å².